The van der Waals surface area contributed by atoms with Crippen LogP contribution in [0.4, 0.5) is 0 Å². The molecule has 2 aromatic rings. The van der Waals surface area contributed by atoms with Crippen LogP contribution in [-0.4, -0.2) is 34.7 Å². The average Bonchev–Trinajstić information content (AvgIpc) is 3.43. The highest BCUT2D eigenvalue weighted by Gasteiger charge is 2.38. The van der Waals surface area contributed by atoms with Crippen LogP contribution >= 0.6 is 0 Å². The molecule has 1 N–H and O–H groups in total. The van der Waals surface area contributed by atoms with Gasteiger partial charge < -0.3 is 14.8 Å². The molecule has 0 bridgehead atoms. The smallest absolute Gasteiger partial charge is 0.251 e. The first-order chi connectivity index (χ1) is 13.6. The molecule has 0 unspecified atom stereocenters. The lowest BCUT2D eigenvalue weighted by atomic mass is 9.87. The minimum Gasteiger partial charge on any atom is -0.348 e. The molecule has 1 aromatic heterocycles. The third kappa shape index (κ3) is 2.79. The van der Waals surface area contributed by atoms with Crippen molar-refractivity contribution in [3.63, 3.8) is 0 Å². The van der Waals surface area contributed by atoms with Crippen LogP contribution in [0.2, 0.25) is 0 Å². The number of nitrogens with zero attached hydrogens (tertiary/aromatic N) is 2. The van der Waals surface area contributed by atoms with E-state index in [1.807, 2.05) is 23.0 Å². The zero-order valence-electron chi connectivity index (χ0n) is 16.3. The fraction of sp³-hybridized carbons (Fsp3) is 0.455. The maximum absolute atomic E-state index is 12.5. The Balaban J connectivity index is 1.59. The standard InChI is InChI=1S/C22H25N3O3/c1-14(2)25-20(5-8-24-25)17-11-16(12-18-19(17)13-23-21(18)26)15-3-6-22(7-4-15)27-9-10-28-22/h3,5,8,11-12,14H,4,6-7,9-10,13H2,1-2H3,(H,23,26). The lowest BCUT2D eigenvalue weighted by Crippen LogP contribution is -2.31. The van der Waals surface area contributed by atoms with E-state index in [1.165, 1.54) is 5.57 Å². The van der Waals surface area contributed by atoms with Gasteiger partial charge in [0.2, 0.25) is 0 Å². The molecule has 1 fully saturated rings. The van der Waals surface area contributed by atoms with Crippen molar-refractivity contribution < 1.29 is 14.3 Å². The van der Waals surface area contributed by atoms with Crippen molar-refractivity contribution in [2.45, 2.75) is 51.5 Å². The number of fused-ring (bicyclic) bond motifs is 1. The number of rotatable bonds is 3. The first kappa shape index (κ1) is 17.6. The third-order valence-corrected chi connectivity index (χ3v) is 5.97. The number of allylic oxidation sites excluding steroid dienone is 1. The molecule has 0 atom stereocenters. The van der Waals surface area contributed by atoms with Crippen molar-refractivity contribution in [1.29, 1.82) is 0 Å². The highest BCUT2D eigenvalue weighted by atomic mass is 16.7. The Kier molecular flexibility index (Phi) is 4.14. The Morgan fingerprint density at radius 3 is 2.71 bits per heavy atom. The van der Waals surface area contributed by atoms with E-state index in [4.69, 9.17) is 9.47 Å². The summed E-state index contributed by atoms with van der Waals surface area (Å²) in [5.41, 5.74) is 6.34. The zero-order valence-corrected chi connectivity index (χ0v) is 16.3. The maximum Gasteiger partial charge on any atom is 0.251 e. The summed E-state index contributed by atoms with van der Waals surface area (Å²) >= 11 is 0. The predicted octanol–water partition coefficient (Wildman–Crippen LogP) is 3.68. The molecule has 5 rings (SSSR count). The lowest BCUT2D eigenvalue weighted by Gasteiger charge is -2.31. The maximum atomic E-state index is 12.5. The van der Waals surface area contributed by atoms with Crippen LogP contribution in [0.1, 0.15) is 60.6 Å². The molecule has 6 heteroatoms. The van der Waals surface area contributed by atoms with Gasteiger partial charge in [-0.15, -0.1) is 0 Å². The molecule has 28 heavy (non-hydrogen) atoms. The summed E-state index contributed by atoms with van der Waals surface area (Å²) in [6, 6.07) is 6.54. The number of amides is 1. The van der Waals surface area contributed by atoms with Crippen LogP contribution in [-0.2, 0) is 16.0 Å². The van der Waals surface area contributed by atoms with Crippen LogP contribution in [0.5, 0.6) is 0 Å². The van der Waals surface area contributed by atoms with E-state index in [-0.39, 0.29) is 11.9 Å². The molecule has 1 amide bonds. The van der Waals surface area contributed by atoms with E-state index in [1.54, 1.807) is 0 Å². The zero-order chi connectivity index (χ0) is 19.3. The molecule has 1 spiro atoms. The van der Waals surface area contributed by atoms with Gasteiger partial charge in [-0.1, -0.05) is 6.08 Å². The van der Waals surface area contributed by atoms with Gasteiger partial charge >= 0.3 is 0 Å². The highest BCUT2D eigenvalue weighted by Crippen LogP contribution is 2.40. The van der Waals surface area contributed by atoms with Crippen molar-refractivity contribution in [2.75, 3.05) is 13.2 Å². The molecule has 1 aromatic carbocycles. The Morgan fingerprint density at radius 2 is 2.00 bits per heavy atom. The number of hydrogen-bond donors (Lipinski definition) is 1. The van der Waals surface area contributed by atoms with Crippen molar-refractivity contribution in [3.8, 4) is 11.3 Å². The Hall–Kier alpha value is -2.44. The predicted molar refractivity (Wildman–Crippen MR) is 106 cm³/mol. The molecule has 3 heterocycles. The van der Waals surface area contributed by atoms with E-state index >= 15 is 0 Å². The summed E-state index contributed by atoms with van der Waals surface area (Å²) in [7, 11) is 0. The lowest BCUT2D eigenvalue weighted by molar-refractivity contribution is -0.159. The van der Waals surface area contributed by atoms with Crippen LogP contribution in [0, 0.1) is 0 Å². The third-order valence-electron chi connectivity index (χ3n) is 5.97. The topological polar surface area (TPSA) is 65.4 Å². The summed E-state index contributed by atoms with van der Waals surface area (Å²) in [6.07, 6.45) is 6.53. The number of aromatic nitrogens is 2. The molecule has 146 valence electrons. The second kappa shape index (κ2) is 6.57. The number of nitrogens with one attached hydrogen (secondary N) is 1. The molecule has 3 aliphatic rings. The minimum atomic E-state index is -0.434. The second-order valence-electron chi connectivity index (χ2n) is 8.03. The SMILES string of the molecule is CC(C)n1nccc1-c1cc(C2=CCC3(CC2)OCCO3)cc2c1CNC2=O. The van der Waals surface area contributed by atoms with E-state index in [9.17, 15) is 4.79 Å². The van der Waals surface area contributed by atoms with E-state index in [0.29, 0.717) is 19.8 Å². The highest BCUT2D eigenvalue weighted by molar-refractivity contribution is 6.01. The summed E-state index contributed by atoms with van der Waals surface area (Å²) in [5, 5.41) is 7.47. The van der Waals surface area contributed by atoms with Crippen LogP contribution in [0.25, 0.3) is 16.8 Å². The van der Waals surface area contributed by atoms with Gasteiger partial charge in [0.1, 0.15) is 0 Å². The largest absolute Gasteiger partial charge is 0.348 e. The van der Waals surface area contributed by atoms with E-state index in [0.717, 1.165) is 47.2 Å². The van der Waals surface area contributed by atoms with Crippen LogP contribution in [0.15, 0.2) is 30.5 Å². The van der Waals surface area contributed by atoms with Crippen molar-refractivity contribution in [1.82, 2.24) is 15.1 Å². The van der Waals surface area contributed by atoms with E-state index < -0.39 is 5.79 Å². The average molecular weight is 379 g/mol. The molecule has 0 saturated carbocycles. The summed E-state index contributed by atoms with van der Waals surface area (Å²) in [4.78, 5) is 12.5. The molecule has 6 nitrogen and oxygen atoms in total. The van der Waals surface area contributed by atoms with E-state index in [2.05, 4.69) is 36.4 Å². The molecule has 1 saturated heterocycles. The van der Waals surface area contributed by atoms with Gasteiger partial charge in [0.25, 0.3) is 5.91 Å². The van der Waals surface area contributed by atoms with Gasteiger partial charge in [0.15, 0.2) is 5.79 Å². The fourth-order valence-corrected chi connectivity index (χ4v) is 4.51. The van der Waals surface area contributed by atoms with Gasteiger partial charge in [0, 0.05) is 42.8 Å². The Morgan fingerprint density at radius 1 is 1.21 bits per heavy atom. The monoisotopic (exact) mass is 379 g/mol. The van der Waals surface area contributed by atoms with Gasteiger partial charge in [-0.25, -0.2) is 0 Å². The second-order valence-corrected chi connectivity index (χ2v) is 8.03. The van der Waals surface area contributed by atoms with Gasteiger partial charge in [-0.05, 0) is 55.2 Å². The van der Waals surface area contributed by atoms with Gasteiger partial charge in [-0.3, -0.25) is 9.48 Å². The normalized spacial score (nSPS) is 20.5. The van der Waals surface area contributed by atoms with Crippen molar-refractivity contribution in [3.05, 3.63) is 47.2 Å². The number of benzene rings is 1. The summed E-state index contributed by atoms with van der Waals surface area (Å²) in [6.45, 7) is 6.15. The molecule has 2 aliphatic heterocycles. The number of carbonyl (C=O) groups excluding carboxylic acids is 1. The minimum absolute atomic E-state index is 0.00375. The number of ether oxygens (including phenoxy) is 2. The first-order valence-electron chi connectivity index (χ1n) is 10.0. The molecule has 0 radical (unpaired) electrons. The first-order valence-corrected chi connectivity index (χ1v) is 10.0. The van der Waals surface area contributed by atoms with Crippen molar-refractivity contribution >= 4 is 11.5 Å². The Labute approximate surface area is 164 Å². The number of carbonyl (C=O) groups is 1. The van der Waals surface area contributed by atoms with Crippen molar-refractivity contribution in [2.24, 2.45) is 0 Å². The Bertz CT molecular complexity index is 967. The quantitative estimate of drug-likeness (QED) is 0.883. The van der Waals surface area contributed by atoms with Gasteiger partial charge in [-0.2, -0.15) is 5.10 Å². The number of hydrogen-bond acceptors (Lipinski definition) is 4. The van der Waals surface area contributed by atoms with Crippen LogP contribution in [0.3, 0.4) is 0 Å². The van der Waals surface area contributed by atoms with Crippen LogP contribution < -0.4 is 5.32 Å². The van der Waals surface area contributed by atoms with Gasteiger partial charge in [0.05, 0.1) is 18.9 Å². The summed E-state index contributed by atoms with van der Waals surface area (Å²) in [5.74, 6) is -0.430. The molecular weight excluding hydrogens is 354 g/mol. The summed E-state index contributed by atoms with van der Waals surface area (Å²) < 4.78 is 13.7. The fourth-order valence-electron chi connectivity index (χ4n) is 4.51. The molecule has 1 aliphatic carbocycles. The molecular formula is C22H25N3O3.